The Bertz CT molecular complexity index is 1040. The van der Waals surface area contributed by atoms with Crippen molar-refractivity contribution in [2.24, 2.45) is 5.10 Å². The van der Waals surface area contributed by atoms with E-state index in [1.165, 1.54) is 0 Å². The highest BCUT2D eigenvalue weighted by molar-refractivity contribution is 5.99. The van der Waals surface area contributed by atoms with Gasteiger partial charge in [0.05, 0.1) is 23.2 Å². The van der Waals surface area contributed by atoms with Crippen molar-refractivity contribution in [1.82, 2.24) is 9.55 Å². The summed E-state index contributed by atoms with van der Waals surface area (Å²) in [6.07, 6.45) is 0.701. The molecule has 152 valence electrons. The summed E-state index contributed by atoms with van der Waals surface area (Å²) in [6, 6.07) is 15.0. The smallest absolute Gasteiger partial charge is 0.262 e. The Morgan fingerprint density at radius 3 is 2.66 bits per heavy atom. The van der Waals surface area contributed by atoms with Crippen LogP contribution in [0.3, 0.4) is 0 Å². The SMILES string of the molecule is CCOc1ccc(/C(C)=N\Nc2nc3ccccc3c(=O)n2CCCOC)cc1. The Balaban J connectivity index is 1.90. The van der Waals surface area contributed by atoms with Gasteiger partial charge < -0.3 is 9.47 Å². The van der Waals surface area contributed by atoms with Gasteiger partial charge in [0.25, 0.3) is 5.56 Å². The molecule has 0 bridgehead atoms. The second-order valence-corrected chi connectivity index (χ2v) is 6.52. The van der Waals surface area contributed by atoms with Crippen LogP contribution in [0.1, 0.15) is 25.8 Å². The molecule has 3 rings (SSSR count). The monoisotopic (exact) mass is 394 g/mol. The van der Waals surface area contributed by atoms with E-state index in [1.807, 2.05) is 56.3 Å². The Morgan fingerprint density at radius 2 is 1.93 bits per heavy atom. The standard InChI is InChI=1S/C22H26N4O3/c1-4-29-18-12-10-17(11-13-18)16(2)24-25-22-23-20-9-6-5-8-19(20)21(27)26(22)14-7-15-28-3/h5-6,8-13H,4,7,14-15H2,1-3H3,(H,23,25)/b24-16-. The molecule has 0 atom stereocenters. The molecule has 7 nitrogen and oxygen atoms in total. The minimum absolute atomic E-state index is 0.0943. The van der Waals surface area contributed by atoms with E-state index in [2.05, 4.69) is 15.5 Å². The predicted molar refractivity (Wildman–Crippen MR) is 116 cm³/mol. The van der Waals surface area contributed by atoms with Crippen molar-refractivity contribution >= 4 is 22.6 Å². The lowest BCUT2D eigenvalue weighted by Crippen LogP contribution is -2.25. The summed E-state index contributed by atoms with van der Waals surface area (Å²) in [5, 5.41) is 5.04. The number of hydrogen-bond donors (Lipinski definition) is 1. The van der Waals surface area contributed by atoms with E-state index in [4.69, 9.17) is 9.47 Å². The molecule has 2 aromatic carbocycles. The van der Waals surface area contributed by atoms with E-state index in [0.29, 0.717) is 43.0 Å². The molecule has 0 aliphatic rings. The minimum atomic E-state index is -0.0943. The van der Waals surface area contributed by atoms with Crippen molar-refractivity contribution in [2.75, 3.05) is 25.7 Å². The van der Waals surface area contributed by atoms with Crippen molar-refractivity contribution in [3.63, 3.8) is 0 Å². The quantitative estimate of drug-likeness (QED) is 0.340. The second kappa shape index (κ2) is 9.84. The molecular weight excluding hydrogens is 368 g/mol. The first-order valence-electron chi connectivity index (χ1n) is 9.66. The van der Waals surface area contributed by atoms with Crippen molar-refractivity contribution < 1.29 is 9.47 Å². The molecule has 1 heterocycles. The van der Waals surface area contributed by atoms with Crippen molar-refractivity contribution in [3.05, 3.63) is 64.4 Å². The summed E-state index contributed by atoms with van der Waals surface area (Å²) < 4.78 is 12.2. The lowest BCUT2D eigenvalue weighted by atomic mass is 10.1. The number of nitrogens with one attached hydrogen (secondary N) is 1. The third-order valence-electron chi connectivity index (χ3n) is 4.50. The van der Waals surface area contributed by atoms with Crippen LogP contribution >= 0.6 is 0 Å². The van der Waals surface area contributed by atoms with E-state index < -0.39 is 0 Å². The summed E-state index contributed by atoms with van der Waals surface area (Å²) >= 11 is 0. The van der Waals surface area contributed by atoms with Crippen LogP contribution in [0.2, 0.25) is 0 Å². The highest BCUT2D eigenvalue weighted by atomic mass is 16.5. The summed E-state index contributed by atoms with van der Waals surface area (Å²) in [6.45, 7) is 5.53. The first kappa shape index (κ1) is 20.5. The molecule has 1 aromatic heterocycles. The predicted octanol–water partition coefficient (Wildman–Crippen LogP) is 3.67. The van der Waals surface area contributed by atoms with E-state index >= 15 is 0 Å². The van der Waals surface area contributed by atoms with Gasteiger partial charge in [-0.25, -0.2) is 10.4 Å². The van der Waals surface area contributed by atoms with Crippen LogP contribution in [0.4, 0.5) is 5.95 Å². The second-order valence-electron chi connectivity index (χ2n) is 6.52. The Labute approximate surface area is 170 Å². The van der Waals surface area contributed by atoms with Gasteiger partial charge in [0.1, 0.15) is 5.75 Å². The number of rotatable bonds is 9. The van der Waals surface area contributed by atoms with Crippen LogP contribution in [0.15, 0.2) is 58.4 Å². The van der Waals surface area contributed by atoms with Crippen LogP contribution < -0.4 is 15.7 Å². The molecule has 1 N–H and O–H groups in total. The lowest BCUT2D eigenvalue weighted by Gasteiger charge is -2.13. The summed E-state index contributed by atoms with van der Waals surface area (Å²) in [5.41, 5.74) is 5.25. The van der Waals surface area contributed by atoms with Gasteiger partial charge in [0.2, 0.25) is 5.95 Å². The van der Waals surface area contributed by atoms with E-state index in [-0.39, 0.29) is 5.56 Å². The summed E-state index contributed by atoms with van der Waals surface area (Å²) in [4.78, 5) is 17.5. The lowest BCUT2D eigenvalue weighted by molar-refractivity contribution is 0.190. The van der Waals surface area contributed by atoms with E-state index in [1.54, 1.807) is 17.7 Å². The first-order chi connectivity index (χ1) is 14.1. The fourth-order valence-electron chi connectivity index (χ4n) is 2.99. The van der Waals surface area contributed by atoms with Gasteiger partial charge in [0.15, 0.2) is 0 Å². The van der Waals surface area contributed by atoms with Gasteiger partial charge in [-0.15, -0.1) is 0 Å². The molecule has 0 fully saturated rings. The molecule has 7 heteroatoms. The zero-order valence-corrected chi connectivity index (χ0v) is 17.0. The number of nitrogens with zero attached hydrogens (tertiary/aromatic N) is 3. The fraction of sp³-hybridized carbons (Fsp3) is 0.318. The Hall–Kier alpha value is -3.19. The normalized spacial score (nSPS) is 11.6. The van der Waals surface area contributed by atoms with Gasteiger partial charge in [-0.3, -0.25) is 9.36 Å². The minimum Gasteiger partial charge on any atom is -0.494 e. The van der Waals surface area contributed by atoms with Crippen molar-refractivity contribution in [3.8, 4) is 5.75 Å². The number of ether oxygens (including phenoxy) is 2. The molecular formula is C22H26N4O3. The molecule has 0 saturated carbocycles. The maximum absolute atomic E-state index is 12.9. The summed E-state index contributed by atoms with van der Waals surface area (Å²) in [7, 11) is 1.64. The molecule has 29 heavy (non-hydrogen) atoms. The molecule has 0 amide bonds. The Morgan fingerprint density at radius 1 is 1.17 bits per heavy atom. The van der Waals surface area contributed by atoms with Crippen molar-refractivity contribution in [2.45, 2.75) is 26.8 Å². The zero-order chi connectivity index (χ0) is 20.6. The third-order valence-corrected chi connectivity index (χ3v) is 4.50. The largest absolute Gasteiger partial charge is 0.494 e. The van der Waals surface area contributed by atoms with Crippen molar-refractivity contribution in [1.29, 1.82) is 0 Å². The Kier molecular flexibility index (Phi) is 6.97. The van der Waals surface area contributed by atoms with Gasteiger partial charge in [-0.1, -0.05) is 12.1 Å². The van der Waals surface area contributed by atoms with Gasteiger partial charge >= 0.3 is 0 Å². The molecule has 0 radical (unpaired) electrons. The number of para-hydroxylation sites is 1. The topological polar surface area (TPSA) is 77.7 Å². The molecule has 0 aliphatic heterocycles. The number of hydrazone groups is 1. The van der Waals surface area contributed by atoms with Gasteiger partial charge in [0, 0.05) is 20.3 Å². The number of aromatic nitrogens is 2. The third kappa shape index (κ3) is 5.00. The van der Waals surface area contributed by atoms with E-state index in [9.17, 15) is 4.79 Å². The highest BCUT2D eigenvalue weighted by Gasteiger charge is 2.10. The molecule has 0 aliphatic carbocycles. The number of hydrogen-bond acceptors (Lipinski definition) is 6. The van der Waals surface area contributed by atoms with Crippen LogP contribution in [0, 0.1) is 0 Å². The fourth-order valence-corrected chi connectivity index (χ4v) is 2.99. The van der Waals surface area contributed by atoms with Gasteiger partial charge in [-0.05, 0) is 62.2 Å². The van der Waals surface area contributed by atoms with Crippen LogP contribution in [0.25, 0.3) is 10.9 Å². The zero-order valence-electron chi connectivity index (χ0n) is 17.0. The molecule has 3 aromatic rings. The van der Waals surface area contributed by atoms with Crippen LogP contribution in [0.5, 0.6) is 5.75 Å². The number of anilines is 1. The summed E-state index contributed by atoms with van der Waals surface area (Å²) in [5.74, 6) is 1.23. The molecule has 0 unspecified atom stereocenters. The first-order valence-corrected chi connectivity index (χ1v) is 9.66. The number of methoxy groups -OCH3 is 1. The van der Waals surface area contributed by atoms with Gasteiger partial charge in [-0.2, -0.15) is 5.10 Å². The number of benzene rings is 2. The van der Waals surface area contributed by atoms with Crippen LogP contribution in [-0.2, 0) is 11.3 Å². The average molecular weight is 394 g/mol. The maximum Gasteiger partial charge on any atom is 0.262 e. The van der Waals surface area contributed by atoms with Crippen LogP contribution in [-0.4, -0.2) is 35.6 Å². The molecule has 0 spiro atoms. The molecule has 0 saturated heterocycles. The average Bonchev–Trinajstić information content (AvgIpc) is 2.74. The van der Waals surface area contributed by atoms with E-state index in [0.717, 1.165) is 17.0 Å². The maximum atomic E-state index is 12.9. The highest BCUT2D eigenvalue weighted by Crippen LogP contribution is 2.14. The number of fused-ring (bicyclic) bond motifs is 1.